The molecule has 0 saturated carbocycles. The lowest BCUT2D eigenvalue weighted by atomic mass is 10.1. The summed E-state index contributed by atoms with van der Waals surface area (Å²) in [6.07, 6.45) is 3.81. The maximum absolute atomic E-state index is 13.2. The molecule has 0 spiro atoms. The second kappa shape index (κ2) is 9.59. The van der Waals surface area contributed by atoms with Gasteiger partial charge in [-0.1, -0.05) is 36.2 Å². The fraction of sp³-hybridized carbons (Fsp3) is 0.500. The van der Waals surface area contributed by atoms with Crippen LogP contribution in [0.1, 0.15) is 36.1 Å². The largest absolute Gasteiger partial charge is 0.353 e. The molecule has 1 aromatic heterocycles. The molecule has 31 heavy (non-hydrogen) atoms. The van der Waals surface area contributed by atoms with Crippen molar-refractivity contribution in [2.24, 2.45) is 5.73 Å². The van der Waals surface area contributed by atoms with Crippen molar-refractivity contribution < 1.29 is 4.79 Å². The van der Waals surface area contributed by atoms with E-state index in [2.05, 4.69) is 21.8 Å². The van der Waals surface area contributed by atoms with Crippen molar-refractivity contribution in [3.63, 3.8) is 0 Å². The van der Waals surface area contributed by atoms with Crippen LogP contribution in [0, 0.1) is 0 Å². The predicted molar refractivity (Wildman–Crippen MR) is 124 cm³/mol. The summed E-state index contributed by atoms with van der Waals surface area (Å²) < 4.78 is 0. The Kier molecular flexibility index (Phi) is 6.84. The van der Waals surface area contributed by atoms with Gasteiger partial charge in [0.25, 0.3) is 0 Å². The lowest BCUT2D eigenvalue weighted by Crippen LogP contribution is -2.53. The fourth-order valence-electron chi connectivity index (χ4n) is 4.44. The summed E-state index contributed by atoms with van der Waals surface area (Å²) in [5.74, 6) is 1.52. The molecule has 2 aliphatic rings. The highest BCUT2D eigenvalue weighted by molar-refractivity contribution is 6.35. The zero-order valence-electron chi connectivity index (χ0n) is 17.7. The van der Waals surface area contributed by atoms with E-state index in [1.165, 1.54) is 11.3 Å². The number of halogens is 2. The molecule has 1 fully saturated rings. The second-order valence-electron chi connectivity index (χ2n) is 8.20. The topological polar surface area (TPSA) is 78.6 Å². The SMILES string of the molecule is C[C@@H]1CCc2ncnc(N3CCN(C(=O)N(CCN)Cc4ccc(Cl)cc4Cl)CC3)c21. The smallest absolute Gasteiger partial charge is 0.320 e. The fourth-order valence-corrected chi connectivity index (χ4v) is 4.91. The molecule has 0 unspecified atom stereocenters. The number of nitrogens with zero attached hydrogens (tertiary/aromatic N) is 5. The Hall–Kier alpha value is -2.09. The van der Waals surface area contributed by atoms with Crippen LogP contribution in [0.2, 0.25) is 10.0 Å². The first kappa shape index (κ1) is 22.1. The summed E-state index contributed by atoms with van der Waals surface area (Å²) in [5.41, 5.74) is 9.10. The number of rotatable bonds is 5. The average Bonchev–Trinajstić information content (AvgIpc) is 3.16. The summed E-state index contributed by atoms with van der Waals surface area (Å²) >= 11 is 12.3. The number of amides is 2. The molecule has 2 aromatic rings. The van der Waals surface area contributed by atoms with Crippen molar-refractivity contribution in [2.45, 2.75) is 32.2 Å². The first-order valence-electron chi connectivity index (χ1n) is 10.7. The average molecular weight is 463 g/mol. The zero-order chi connectivity index (χ0) is 22.0. The van der Waals surface area contributed by atoms with Gasteiger partial charge in [0.2, 0.25) is 0 Å². The molecule has 2 amide bonds. The first-order chi connectivity index (χ1) is 15.0. The normalized spacial score (nSPS) is 18.3. The number of hydrogen-bond donors (Lipinski definition) is 1. The van der Waals surface area contributed by atoms with Crippen LogP contribution in [-0.4, -0.2) is 65.1 Å². The summed E-state index contributed by atoms with van der Waals surface area (Å²) in [6.45, 7) is 6.29. The van der Waals surface area contributed by atoms with Crippen LogP contribution in [0.15, 0.2) is 24.5 Å². The molecule has 166 valence electrons. The van der Waals surface area contributed by atoms with Crippen LogP contribution in [-0.2, 0) is 13.0 Å². The number of benzene rings is 1. The van der Waals surface area contributed by atoms with Crippen molar-refractivity contribution in [2.75, 3.05) is 44.2 Å². The third-order valence-electron chi connectivity index (χ3n) is 6.15. The van der Waals surface area contributed by atoms with Crippen molar-refractivity contribution in [3.05, 3.63) is 51.4 Å². The van der Waals surface area contributed by atoms with Crippen LogP contribution < -0.4 is 10.6 Å². The van der Waals surface area contributed by atoms with Gasteiger partial charge in [0.15, 0.2) is 0 Å². The number of aryl methyl sites for hydroxylation is 1. The van der Waals surface area contributed by atoms with Gasteiger partial charge in [-0.2, -0.15) is 0 Å². The molecule has 2 N–H and O–H groups in total. The number of urea groups is 1. The van der Waals surface area contributed by atoms with Gasteiger partial charge in [-0.25, -0.2) is 14.8 Å². The third kappa shape index (κ3) is 4.73. The Morgan fingerprint density at radius 3 is 2.71 bits per heavy atom. The van der Waals surface area contributed by atoms with E-state index in [1.807, 2.05) is 11.0 Å². The summed E-state index contributed by atoms with van der Waals surface area (Å²) in [4.78, 5) is 28.2. The van der Waals surface area contributed by atoms with E-state index in [1.54, 1.807) is 23.4 Å². The Morgan fingerprint density at radius 2 is 2.00 bits per heavy atom. The minimum Gasteiger partial charge on any atom is -0.353 e. The molecule has 4 rings (SSSR count). The van der Waals surface area contributed by atoms with Crippen molar-refractivity contribution in [1.82, 2.24) is 19.8 Å². The van der Waals surface area contributed by atoms with Gasteiger partial charge in [-0.3, -0.25) is 0 Å². The molecule has 1 atom stereocenters. The van der Waals surface area contributed by atoms with Gasteiger partial charge in [-0.15, -0.1) is 0 Å². The molecular formula is C22H28Cl2N6O. The Bertz CT molecular complexity index is 948. The highest BCUT2D eigenvalue weighted by Crippen LogP contribution is 2.37. The van der Waals surface area contributed by atoms with Gasteiger partial charge in [0.05, 0.1) is 0 Å². The van der Waals surface area contributed by atoms with Gasteiger partial charge in [-0.05, 0) is 36.5 Å². The molecule has 7 nitrogen and oxygen atoms in total. The monoisotopic (exact) mass is 462 g/mol. The quantitative estimate of drug-likeness (QED) is 0.734. The lowest BCUT2D eigenvalue weighted by Gasteiger charge is -2.38. The number of nitrogens with two attached hydrogens (primary N) is 1. The molecule has 9 heteroatoms. The molecule has 0 radical (unpaired) electrons. The maximum Gasteiger partial charge on any atom is 0.320 e. The Morgan fingerprint density at radius 1 is 1.23 bits per heavy atom. The summed E-state index contributed by atoms with van der Waals surface area (Å²) in [5, 5.41) is 1.13. The van der Waals surface area contributed by atoms with Gasteiger partial charge in [0, 0.05) is 67.1 Å². The van der Waals surface area contributed by atoms with Gasteiger partial charge >= 0.3 is 6.03 Å². The van der Waals surface area contributed by atoms with Crippen LogP contribution >= 0.6 is 23.2 Å². The van der Waals surface area contributed by atoms with E-state index >= 15 is 0 Å². The first-order valence-corrected chi connectivity index (χ1v) is 11.5. The van der Waals surface area contributed by atoms with E-state index in [-0.39, 0.29) is 6.03 Å². The molecule has 2 heterocycles. The number of carbonyl (C=O) groups is 1. The van der Waals surface area contributed by atoms with Crippen molar-refractivity contribution in [1.29, 1.82) is 0 Å². The molecular weight excluding hydrogens is 435 g/mol. The number of aromatic nitrogens is 2. The maximum atomic E-state index is 13.2. The molecule has 1 aliphatic carbocycles. The number of hydrogen-bond acceptors (Lipinski definition) is 5. The standard InChI is InChI=1S/C22H28Cl2N6O/c1-15-2-5-19-20(15)21(27-14-26-19)28-8-10-29(11-9-28)22(31)30(7-6-25)13-16-3-4-17(23)12-18(16)24/h3-4,12,14-15H,2,5-11,13,25H2,1H3/t15-/m1/s1. The second-order valence-corrected chi connectivity index (χ2v) is 9.04. The molecule has 1 aromatic carbocycles. The number of fused-ring (bicyclic) bond motifs is 1. The molecule has 1 saturated heterocycles. The van der Waals surface area contributed by atoms with Crippen molar-refractivity contribution >= 4 is 35.1 Å². The Balaban J connectivity index is 1.42. The third-order valence-corrected chi connectivity index (χ3v) is 6.73. The van der Waals surface area contributed by atoms with E-state index in [4.69, 9.17) is 28.9 Å². The van der Waals surface area contributed by atoms with Gasteiger partial charge < -0.3 is 20.4 Å². The minimum atomic E-state index is -0.0163. The highest BCUT2D eigenvalue weighted by atomic mass is 35.5. The van der Waals surface area contributed by atoms with E-state index in [0.717, 1.165) is 37.3 Å². The van der Waals surface area contributed by atoms with E-state index in [9.17, 15) is 4.79 Å². The molecule has 0 bridgehead atoms. The van der Waals surface area contributed by atoms with Crippen molar-refractivity contribution in [3.8, 4) is 0 Å². The van der Waals surface area contributed by atoms with Crippen LogP contribution in [0.25, 0.3) is 0 Å². The van der Waals surface area contributed by atoms with Crippen LogP contribution in [0.3, 0.4) is 0 Å². The Labute approximate surface area is 193 Å². The lowest BCUT2D eigenvalue weighted by molar-refractivity contribution is 0.148. The van der Waals surface area contributed by atoms with E-state index in [0.29, 0.717) is 48.7 Å². The number of anilines is 1. The number of carbonyl (C=O) groups excluding carboxylic acids is 1. The predicted octanol–water partition coefficient (Wildman–Crippen LogP) is 3.54. The van der Waals surface area contributed by atoms with Crippen LogP contribution in [0.5, 0.6) is 0 Å². The summed E-state index contributed by atoms with van der Waals surface area (Å²) in [6, 6.07) is 5.32. The molecule has 1 aliphatic heterocycles. The summed E-state index contributed by atoms with van der Waals surface area (Å²) in [7, 11) is 0. The van der Waals surface area contributed by atoms with Gasteiger partial charge in [0.1, 0.15) is 12.1 Å². The zero-order valence-corrected chi connectivity index (χ0v) is 19.2. The number of piperazine rings is 1. The highest BCUT2D eigenvalue weighted by Gasteiger charge is 2.30. The van der Waals surface area contributed by atoms with E-state index < -0.39 is 0 Å². The van der Waals surface area contributed by atoms with Crippen LogP contribution in [0.4, 0.5) is 10.6 Å². The minimum absolute atomic E-state index is 0.0163.